The van der Waals surface area contributed by atoms with Gasteiger partial charge in [0.1, 0.15) is 32.2 Å². The van der Waals surface area contributed by atoms with Crippen LogP contribution in [0, 0.1) is 14.9 Å². The molecule has 12 rings (SSSR count). The number of carbonyl (C=O) groups excluding carboxylic acids is 6. The van der Waals surface area contributed by atoms with E-state index in [1.165, 1.54) is 37.0 Å². The van der Waals surface area contributed by atoms with E-state index in [0.29, 0.717) is 78.1 Å². The first-order valence-electron chi connectivity index (χ1n) is 38.3. The first kappa shape index (κ1) is 120. The van der Waals surface area contributed by atoms with Crippen molar-refractivity contribution in [2.75, 3.05) is 119 Å². The molecule has 4 aromatic rings. The summed E-state index contributed by atoms with van der Waals surface area (Å²) in [6, 6.07) is 38.3. The molecule has 644 valence electrons. The normalized spacial score (nSPS) is 21.3. The molecule has 4 amide bonds. The molecule has 4 atom stereocenters. The average Bonchev–Trinajstić information content (AvgIpc) is 1.67. The number of ketones is 2. The van der Waals surface area contributed by atoms with Crippen molar-refractivity contribution in [1.82, 2.24) is 30.2 Å². The zero-order valence-electron chi connectivity index (χ0n) is 68.8. The third-order valence-electron chi connectivity index (χ3n) is 18.3. The van der Waals surface area contributed by atoms with Crippen molar-refractivity contribution in [2.45, 2.75) is 233 Å². The van der Waals surface area contributed by atoms with Gasteiger partial charge in [-0.05, 0) is 192 Å². The first-order valence-corrected chi connectivity index (χ1v) is 38.3. The average molecular weight is 1760 g/mol. The van der Waals surface area contributed by atoms with Gasteiger partial charge in [0.15, 0.2) is 5.78 Å². The number of halogens is 2. The van der Waals surface area contributed by atoms with E-state index in [4.69, 9.17) is 38.6 Å². The maximum absolute atomic E-state index is 12.0. The number of aliphatic hydroxyl groups excluding tert-OH is 2. The van der Waals surface area contributed by atoms with Crippen molar-refractivity contribution in [1.29, 1.82) is 0 Å². The Balaban J connectivity index is -0.000000296. The Morgan fingerprint density at radius 1 is 0.368 bits per heavy atom. The fourth-order valence-corrected chi connectivity index (χ4v) is 11.9. The van der Waals surface area contributed by atoms with Gasteiger partial charge in [0.25, 0.3) is 0 Å². The number of hydrogen-bond donors (Lipinski definition) is 8. The fourth-order valence-electron chi connectivity index (χ4n) is 11.9. The SMILES string of the molecule is C.C.C1CCOC1.C1CCOC1.CC1(O)CCCCN(C(=O)OCc2ccccc2)C1.CC1(O)CCCCNC1.CC1(O)CCCN(C(=O)OCc2ccccc2)CC1.CC1(O)CCCNCC1.CO.CO.O=C1CCCCN(C(=O)OCc2ccccc2)C1.O=C1CCCN(C(=O)OCc2ccccc2)CC1.[Br-].[Br-].[CH3-].[CH3-].[Mg+2].[Mg+2]. The van der Waals surface area contributed by atoms with Crippen molar-refractivity contribution < 1.29 is 122 Å². The third-order valence-corrected chi connectivity index (χ3v) is 18.3. The summed E-state index contributed by atoms with van der Waals surface area (Å²) >= 11 is 0. The fraction of sp³-hybridized carbons (Fsp3) is 0.628. The van der Waals surface area contributed by atoms with Crippen molar-refractivity contribution in [3.05, 3.63) is 158 Å². The van der Waals surface area contributed by atoms with E-state index in [9.17, 15) is 49.2 Å². The minimum absolute atomic E-state index is 0. The van der Waals surface area contributed by atoms with E-state index < -0.39 is 28.5 Å². The number of likely N-dealkylation sites (tertiary alicyclic amines) is 4. The molecule has 8 N–H and O–H groups in total. The molecule has 4 aromatic carbocycles. The Morgan fingerprint density at radius 3 is 1.18 bits per heavy atom. The molecule has 8 aliphatic heterocycles. The summed E-state index contributed by atoms with van der Waals surface area (Å²) in [4.78, 5) is 76.7. The minimum atomic E-state index is -0.803. The number of nitrogens with zero attached hydrogens (tertiary/aromatic N) is 4. The number of benzene rings is 4. The van der Waals surface area contributed by atoms with Crippen LogP contribution in [0.1, 0.15) is 206 Å². The first-order chi connectivity index (χ1) is 51.1. The van der Waals surface area contributed by atoms with Crippen molar-refractivity contribution in [2.24, 2.45) is 0 Å². The van der Waals surface area contributed by atoms with Crippen LogP contribution in [0.2, 0.25) is 0 Å². The van der Waals surface area contributed by atoms with E-state index in [2.05, 4.69) is 10.6 Å². The molecule has 8 heterocycles. The van der Waals surface area contributed by atoms with Crippen LogP contribution in [-0.4, -0.2) is 274 Å². The molecule has 28 heteroatoms. The third kappa shape index (κ3) is 59.1. The Morgan fingerprint density at radius 2 is 0.719 bits per heavy atom. The van der Waals surface area contributed by atoms with Gasteiger partial charge in [-0.2, -0.15) is 0 Å². The second-order valence-electron chi connectivity index (χ2n) is 28.5. The van der Waals surface area contributed by atoms with Crippen LogP contribution in [0.5, 0.6) is 0 Å². The molecule has 0 bridgehead atoms. The molecular formula is C86H144Br2Mg2N6O18. The predicted octanol–water partition coefficient (Wildman–Crippen LogP) is 7.13. The van der Waals surface area contributed by atoms with Crippen LogP contribution in [0.15, 0.2) is 121 Å². The van der Waals surface area contributed by atoms with Gasteiger partial charge in [-0.15, -0.1) is 0 Å². The molecule has 0 saturated carbocycles. The molecule has 0 radical (unpaired) electrons. The van der Waals surface area contributed by atoms with Gasteiger partial charge < -0.3 is 138 Å². The van der Waals surface area contributed by atoms with Crippen LogP contribution in [0.3, 0.4) is 0 Å². The summed E-state index contributed by atoms with van der Waals surface area (Å²) in [6.07, 6.45) is 18.8. The van der Waals surface area contributed by atoms with E-state index in [1.807, 2.05) is 142 Å². The maximum atomic E-state index is 12.0. The number of amides is 4. The number of ether oxygens (including phenoxy) is 6. The number of carbonyl (C=O) groups is 6. The Kier molecular flexibility index (Phi) is 76.4. The van der Waals surface area contributed by atoms with E-state index in [-0.39, 0.29) is 166 Å². The molecule has 24 nitrogen and oxygen atoms in total. The molecule has 0 aliphatic carbocycles. The Hall–Kier alpha value is -4.61. The molecule has 0 spiro atoms. The monoisotopic (exact) mass is 1750 g/mol. The summed E-state index contributed by atoms with van der Waals surface area (Å²) in [7, 11) is 2.00. The summed E-state index contributed by atoms with van der Waals surface area (Å²) in [5, 5.41) is 59.5. The van der Waals surface area contributed by atoms with Gasteiger partial charge in [-0.1, -0.05) is 136 Å². The van der Waals surface area contributed by atoms with E-state index >= 15 is 0 Å². The summed E-state index contributed by atoms with van der Waals surface area (Å²) in [5.74, 6) is 0.345. The Labute approximate surface area is 738 Å². The number of aliphatic hydroxyl groups is 6. The van der Waals surface area contributed by atoms with Gasteiger partial charge in [0.2, 0.25) is 0 Å². The smallest absolute Gasteiger partial charge is 1.00 e. The zero-order chi connectivity index (χ0) is 77.6. The number of β-amino-alcohol motifs (C(OH)–C–C–N with tert-alkyl or cyclic N) is 2. The van der Waals surface area contributed by atoms with Crippen molar-refractivity contribution in [3.8, 4) is 0 Å². The molecule has 114 heavy (non-hydrogen) atoms. The molecule has 8 saturated heterocycles. The van der Waals surface area contributed by atoms with Crippen LogP contribution < -0.4 is 44.6 Å². The van der Waals surface area contributed by atoms with Crippen LogP contribution in [0.25, 0.3) is 0 Å². The van der Waals surface area contributed by atoms with Gasteiger partial charge in [0.05, 0.1) is 35.5 Å². The second kappa shape index (κ2) is 72.4. The number of hydrogen-bond acceptors (Lipinski definition) is 20. The molecule has 0 aromatic heterocycles. The largest absolute Gasteiger partial charge is 2.00 e. The van der Waals surface area contributed by atoms with Crippen LogP contribution in [0.4, 0.5) is 19.2 Å². The van der Waals surface area contributed by atoms with Gasteiger partial charge in [0, 0.05) is 106 Å². The minimum Gasteiger partial charge on any atom is -1.00 e. The van der Waals surface area contributed by atoms with Gasteiger partial charge in [-0.3, -0.25) is 9.59 Å². The molecule has 8 fully saturated rings. The van der Waals surface area contributed by atoms with Gasteiger partial charge in [-0.25, -0.2) is 19.2 Å². The van der Waals surface area contributed by atoms with Crippen molar-refractivity contribution in [3.63, 3.8) is 0 Å². The Bertz CT molecular complexity index is 2900. The van der Waals surface area contributed by atoms with E-state index in [1.54, 1.807) is 21.6 Å². The summed E-state index contributed by atoms with van der Waals surface area (Å²) in [6.45, 7) is 20.5. The predicted molar refractivity (Wildman–Crippen MR) is 448 cm³/mol. The standard InChI is InChI=1S/2C15H21NO3.2C14H17NO3.2C7H15NO.2C4H8O.2CH4O.2CH4.2CH3.2BrH.2Mg/c1-15(18)9-5-6-10-16(12-15)14(17)19-11-13-7-3-2-4-8-13;1-15(18)8-5-10-16(11-9-15)14(17)19-12-13-6-3-2-4-7-13;16-13-8-4-5-9-15(10-13)14(17)18-11-12-6-2-1-3-7-12;16-13-7-4-9-15(10-8-13)14(17)18-11-12-5-2-1-3-6-12;1-7(9)3-2-5-8-6-4-7;1-7(9)4-2-3-5-8-6-7;2*1-2-4-5-3-1;2*1-2;;;;;;;;/h2-4,7-8,18H,5-6,9-12H2,1H3;2-4,6-7,18H,5,8-12H2,1H3;1-3,6-7H,4-5,8-11H2;1-3,5-6H,4,7-11H2;2*8-9H,2-6H2,1H3;2*1-4H2;2*2H,1H3;2*1H4;2*1H3;2*1H;;/q;;;;;;;;;;;;2*-1;;;2*+2/p-2. The second-order valence-corrected chi connectivity index (χ2v) is 28.5. The number of Topliss-reactive ketones (excluding diaryl/α,β-unsaturated/α-hetero) is 2. The summed E-state index contributed by atoms with van der Waals surface area (Å²) in [5.41, 5.74) is 1.57. The van der Waals surface area contributed by atoms with Crippen LogP contribution in [-0.2, 0) is 64.4 Å². The van der Waals surface area contributed by atoms with Gasteiger partial charge >= 0.3 is 70.5 Å². The molecule has 8 aliphatic rings. The van der Waals surface area contributed by atoms with Crippen LogP contribution >= 0.6 is 0 Å². The topological polar surface area (TPSA) is 316 Å². The quantitative estimate of drug-likeness (QED) is 0.0494. The molecular weight excluding hydrogens is 1610 g/mol. The van der Waals surface area contributed by atoms with Crippen molar-refractivity contribution >= 4 is 82.0 Å². The number of nitrogens with one attached hydrogen (secondary N) is 2. The summed E-state index contributed by atoms with van der Waals surface area (Å²) < 4.78 is 30.9. The molecule has 4 unspecified atom stereocenters. The maximum Gasteiger partial charge on any atom is 2.00 e. The number of rotatable bonds is 8. The zero-order valence-corrected chi connectivity index (χ0v) is 74.8. The van der Waals surface area contributed by atoms with E-state index in [0.717, 1.165) is 173 Å².